The van der Waals surface area contributed by atoms with Crippen molar-refractivity contribution in [3.8, 4) is 0 Å². The maximum atomic E-state index is 13.7. The Bertz CT molecular complexity index is 1470. The molecule has 2 aliphatic heterocycles. The smallest absolute Gasteiger partial charge is 0.373 e. The molecule has 2 saturated carbocycles. The van der Waals surface area contributed by atoms with Gasteiger partial charge >= 0.3 is 6.18 Å². The van der Waals surface area contributed by atoms with Crippen LogP contribution in [-0.4, -0.2) is 80.3 Å². The minimum Gasteiger partial charge on any atom is -0.373 e. The van der Waals surface area contributed by atoms with Crippen molar-refractivity contribution in [2.45, 2.75) is 69.4 Å². The number of carbonyl (C=O) groups excluding carboxylic acids is 2. The second kappa shape index (κ2) is 13.4. The Morgan fingerprint density at radius 3 is 1.83 bits per heavy atom. The maximum Gasteiger partial charge on any atom is 0.401 e. The van der Waals surface area contributed by atoms with Gasteiger partial charge in [0.05, 0.1) is 13.2 Å². The van der Waals surface area contributed by atoms with Crippen LogP contribution in [0.5, 0.6) is 0 Å². The molecule has 4 N–H and O–H groups in total. The molecule has 4 bridgehead atoms. The number of likely N-dealkylation sites (tertiary alicyclic amines) is 2. The van der Waals surface area contributed by atoms with E-state index in [9.17, 15) is 22.8 Å². The summed E-state index contributed by atoms with van der Waals surface area (Å²) in [5.41, 5.74) is 12.5. The molecule has 2 aromatic rings. The van der Waals surface area contributed by atoms with Crippen LogP contribution in [0.25, 0.3) is 0 Å². The summed E-state index contributed by atoms with van der Waals surface area (Å²) in [6, 6.07) is 15.1. The Kier molecular flexibility index (Phi) is 9.72. The maximum absolute atomic E-state index is 13.7. The van der Waals surface area contributed by atoms with E-state index in [1.54, 1.807) is 31.4 Å². The third-order valence-corrected chi connectivity index (χ3v) is 11.9. The van der Waals surface area contributed by atoms with Crippen molar-refractivity contribution in [2.75, 3.05) is 46.4 Å². The van der Waals surface area contributed by atoms with Gasteiger partial charge in [-0.1, -0.05) is 30.7 Å². The normalized spacial score (nSPS) is 32.7. The predicted octanol–water partition coefficient (Wildman–Crippen LogP) is 5.30. The van der Waals surface area contributed by atoms with Gasteiger partial charge in [0.2, 0.25) is 11.8 Å². The van der Waals surface area contributed by atoms with Crippen molar-refractivity contribution in [1.29, 1.82) is 0 Å². The van der Waals surface area contributed by atoms with Crippen LogP contribution in [0, 0.1) is 29.6 Å². The van der Waals surface area contributed by atoms with E-state index in [4.69, 9.17) is 20.9 Å². The molecule has 2 saturated heterocycles. The third-order valence-electron chi connectivity index (χ3n) is 11.9. The van der Waals surface area contributed by atoms with E-state index < -0.39 is 35.7 Å². The highest BCUT2D eigenvalue weighted by Crippen LogP contribution is 2.56. The van der Waals surface area contributed by atoms with E-state index in [0.29, 0.717) is 36.6 Å². The Labute approximate surface area is 281 Å². The molecular weight excluding hydrogens is 621 g/mol. The van der Waals surface area contributed by atoms with Crippen molar-refractivity contribution in [2.24, 2.45) is 41.1 Å². The van der Waals surface area contributed by atoms with Crippen molar-refractivity contribution in [1.82, 2.24) is 9.80 Å². The van der Waals surface area contributed by atoms with E-state index in [1.807, 2.05) is 18.2 Å². The molecule has 4 atom stereocenters. The summed E-state index contributed by atoms with van der Waals surface area (Å²) in [6.45, 7) is 6.12. The monoisotopic (exact) mass is 670 g/mol. The number of methoxy groups -OCH3 is 1. The van der Waals surface area contributed by atoms with E-state index in [1.165, 1.54) is 4.90 Å². The first-order valence-corrected chi connectivity index (χ1v) is 17.3. The van der Waals surface area contributed by atoms with Crippen LogP contribution in [0.4, 0.5) is 13.2 Å². The van der Waals surface area contributed by atoms with Gasteiger partial charge in [-0.15, -0.1) is 0 Å². The summed E-state index contributed by atoms with van der Waals surface area (Å²) < 4.78 is 54.6. The van der Waals surface area contributed by atoms with Crippen molar-refractivity contribution < 1.29 is 32.2 Å². The summed E-state index contributed by atoms with van der Waals surface area (Å²) in [4.78, 5) is 28.4. The largest absolute Gasteiger partial charge is 0.401 e. The van der Waals surface area contributed by atoms with Crippen molar-refractivity contribution >= 4 is 11.8 Å². The number of nitrogens with zero attached hydrogens (tertiary/aromatic N) is 2. The number of rotatable bonds is 10. The first-order chi connectivity index (χ1) is 22.8. The van der Waals surface area contributed by atoms with Crippen LogP contribution < -0.4 is 11.5 Å². The topological polar surface area (TPSA) is 111 Å². The summed E-state index contributed by atoms with van der Waals surface area (Å²) >= 11 is 0. The zero-order chi connectivity index (χ0) is 34.4. The number of hydrogen-bond donors (Lipinski definition) is 2. The Hall–Kier alpha value is -2.99. The van der Waals surface area contributed by atoms with Crippen molar-refractivity contribution in [3.05, 3.63) is 70.8 Å². The molecule has 2 aliphatic carbocycles. The number of piperidine rings is 2. The standard InChI is InChI=1S/C37H49F3N4O4/c1-23(2)44-19-29-11-6-12-30(20-44)37(29,28-10-5-8-26(16-28)34(42)46)48-21-24-13-31-17-43(22-35(38,39)40)18-32(14-24)36(31,47-3)27-9-4-7-25(15-27)33(41)45/h4-5,7-10,15-16,23-24,29-32H,6,11-14,17-22H2,1-3H3,(H2,41,45)(H2,42,46). The van der Waals surface area contributed by atoms with E-state index in [-0.39, 0.29) is 42.7 Å². The van der Waals surface area contributed by atoms with Gasteiger partial charge in [0.1, 0.15) is 11.2 Å². The summed E-state index contributed by atoms with van der Waals surface area (Å²) in [5.74, 6) is -1.07. The molecule has 6 rings (SSSR count). The molecule has 0 spiro atoms. The molecule has 48 heavy (non-hydrogen) atoms. The van der Waals surface area contributed by atoms with Gasteiger partial charge in [0.25, 0.3) is 0 Å². The van der Waals surface area contributed by atoms with Crippen LogP contribution in [0.2, 0.25) is 0 Å². The van der Waals surface area contributed by atoms with Crippen LogP contribution in [0.3, 0.4) is 0 Å². The molecule has 2 aromatic carbocycles. The lowest BCUT2D eigenvalue weighted by Gasteiger charge is -2.59. The number of hydrogen-bond acceptors (Lipinski definition) is 6. The third kappa shape index (κ3) is 6.39. The molecular formula is C37H49F3N4O4. The van der Waals surface area contributed by atoms with Gasteiger partial charge < -0.3 is 25.8 Å². The Balaban J connectivity index is 1.33. The van der Waals surface area contributed by atoms with Crippen LogP contribution in [-0.2, 0) is 20.7 Å². The molecule has 8 nitrogen and oxygen atoms in total. The SMILES string of the molecule is COC1(c2cccc(C(N)=O)c2)C2CC(COC3(c4cccc(C(N)=O)c4)C4CCCC3CN(C(C)C)C4)CC1CN(CC(F)(F)F)C2. The number of benzene rings is 2. The van der Waals surface area contributed by atoms with Crippen molar-refractivity contribution in [3.63, 3.8) is 0 Å². The fourth-order valence-corrected chi connectivity index (χ4v) is 9.91. The Morgan fingerprint density at radius 2 is 1.38 bits per heavy atom. The quantitative estimate of drug-likeness (QED) is 0.355. The molecule has 2 amide bonds. The first-order valence-electron chi connectivity index (χ1n) is 17.3. The minimum atomic E-state index is -4.32. The number of ether oxygens (including phenoxy) is 2. The average molecular weight is 671 g/mol. The van der Waals surface area contributed by atoms with Gasteiger partial charge in [-0.3, -0.25) is 14.5 Å². The molecule has 11 heteroatoms. The molecule has 2 heterocycles. The fraction of sp³-hybridized carbons (Fsp3) is 0.622. The first kappa shape index (κ1) is 34.9. The van der Waals surface area contributed by atoms with Gasteiger partial charge in [0, 0.05) is 74.1 Å². The number of nitrogens with two attached hydrogens (primary N) is 2. The van der Waals surface area contributed by atoms with Gasteiger partial charge in [-0.25, -0.2) is 0 Å². The summed E-state index contributed by atoms with van der Waals surface area (Å²) in [6.07, 6.45) is 0.0157. The molecule has 0 aromatic heterocycles. The predicted molar refractivity (Wildman–Crippen MR) is 176 cm³/mol. The van der Waals surface area contributed by atoms with Crippen LogP contribution >= 0.6 is 0 Å². The number of fused-ring (bicyclic) bond motifs is 4. The molecule has 0 radical (unpaired) electrons. The Morgan fingerprint density at radius 1 is 0.854 bits per heavy atom. The second-order valence-corrected chi connectivity index (χ2v) is 14.9. The number of alkyl halides is 3. The van der Waals surface area contributed by atoms with E-state index in [0.717, 1.165) is 43.5 Å². The van der Waals surface area contributed by atoms with Gasteiger partial charge in [-0.2, -0.15) is 13.2 Å². The molecule has 4 fully saturated rings. The number of carbonyl (C=O) groups is 2. The second-order valence-electron chi connectivity index (χ2n) is 14.9. The zero-order valence-electron chi connectivity index (χ0n) is 28.2. The van der Waals surface area contributed by atoms with Gasteiger partial charge in [-0.05, 0) is 80.8 Å². The summed E-state index contributed by atoms with van der Waals surface area (Å²) in [7, 11) is 1.62. The van der Waals surface area contributed by atoms with Crippen LogP contribution in [0.15, 0.2) is 48.5 Å². The van der Waals surface area contributed by atoms with E-state index >= 15 is 0 Å². The molecule has 4 aliphatic rings. The lowest BCUT2D eigenvalue weighted by molar-refractivity contribution is -0.223. The lowest BCUT2D eigenvalue weighted by Crippen LogP contribution is -2.62. The molecule has 4 unspecified atom stereocenters. The van der Waals surface area contributed by atoms with E-state index in [2.05, 4.69) is 24.8 Å². The zero-order valence-corrected chi connectivity index (χ0v) is 28.2. The molecule has 262 valence electrons. The lowest BCUT2D eigenvalue weighted by atomic mass is 9.59. The minimum absolute atomic E-state index is 0.0793. The number of amides is 2. The number of primary amides is 2. The van der Waals surface area contributed by atoms with Gasteiger partial charge in [0.15, 0.2) is 0 Å². The van der Waals surface area contributed by atoms with Crippen LogP contribution in [0.1, 0.15) is 77.8 Å². The highest BCUT2D eigenvalue weighted by molar-refractivity contribution is 5.93. The summed E-state index contributed by atoms with van der Waals surface area (Å²) in [5, 5.41) is 0. The highest BCUT2D eigenvalue weighted by atomic mass is 19.4. The average Bonchev–Trinajstić information content (AvgIpc) is 3.02. The number of halogens is 3. The fourth-order valence-electron chi connectivity index (χ4n) is 9.91. The highest BCUT2D eigenvalue weighted by Gasteiger charge is 2.58.